The lowest BCUT2D eigenvalue weighted by Gasteiger charge is -2.32. The van der Waals surface area contributed by atoms with Crippen molar-refractivity contribution in [2.75, 3.05) is 24.5 Å². The van der Waals surface area contributed by atoms with Crippen LogP contribution in [0.4, 0.5) is 5.69 Å². The molecule has 0 aromatic heterocycles. The van der Waals surface area contributed by atoms with E-state index >= 15 is 0 Å². The van der Waals surface area contributed by atoms with Gasteiger partial charge >= 0.3 is 0 Å². The Morgan fingerprint density at radius 1 is 0.923 bits per heavy atom. The molecule has 2 amide bonds. The number of amides is 2. The molecule has 0 aliphatic rings. The second-order valence-electron chi connectivity index (χ2n) is 9.85. The van der Waals surface area contributed by atoms with Gasteiger partial charge in [0.25, 0.3) is 10.0 Å². The minimum atomic E-state index is -4.10. The number of rotatable bonds is 12. The Hall–Kier alpha value is -3.85. The van der Waals surface area contributed by atoms with E-state index in [1.807, 2.05) is 45.0 Å². The first kappa shape index (κ1) is 29.7. The van der Waals surface area contributed by atoms with Gasteiger partial charge in [-0.1, -0.05) is 61.9 Å². The summed E-state index contributed by atoms with van der Waals surface area (Å²) in [6.07, 6.45) is 0. The number of sulfonamides is 1. The van der Waals surface area contributed by atoms with Crippen molar-refractivity contribution in [2.24, 2.45) is 5.92 Å². The van der Waals surface area contributed by atoms with Crippen molar-refractivity contribution >= 4 is 27.5 Å². The average Bonchev–Trinajstić information content (AvgIpc) is 2.93. The molecule has 8 nitrogen and oxygen atoms in total. The van der Waals surface area contributed by atoms with Crippen LogP contribution in [-0.2, 0) is 26.2 Å². The quantitative estimate of drug-likeness (QED) is 0.360. The van der Waals surface area contributed by atoms with Gasteiger partial charge in [0.2, 0.25) is 11.8 Å². The van der Waals surface area contributed by atoms with Crippen molar-refractivity contribution < 1.29 is 22.7 Å². The largest absolute Gasteiger partial charge is 0.497 e. The maximum absolute atomic E-state index is 13.9. The van der Waals surface area contributed by atoms with Gasteiger partial charge in [-0.25, -0.2) is 8.42 Å². The number of hydrogen-bond acceptors (Lipinski definition) is 5. The van der Waals surface area contributed by atoms with Gasteiger partial charge in [-0.05, 0) is 61.7 Å². The fourth-order valence-corrected chi connectivity index (χ4v) is 5.47. The van der Waals surface area contributed by atoms with Crippen molar-refractivity contribution in [3.8, 4) is 5.75 Å². The molecule has 0 saturated carbocycles. The van der Waals surface area contributed by atoms with E-state index in [-0.39, 0.29) is 23.3 Å². The number of methoxy groups -OCH3 is 1. The SMILES string of the molecule is COc1ccc(N(CC(=O)N(Cc2cccc(C)c2)C(C)C(=O)NCC(C)C)S(=O)(=O)c2ccccc2)cc1. The Balaban J connectivity index is 2.00. The van der Waals surface area contributed by atoms with Gasteiger partial charge in [0.05, 0.1) is 17.7 Å². The second-order valence-corrected chi connectivity index (χ2v) is 11.7. The highest BCUT2D eigenvalue weighted by atomic mass is 32.2. The van der Waals surface area contributed by atoms with Crippen LogP contribution in [0.25, 0.3) is 0 Å². The third-order valence-electron chi connectivity index (χ3n) is 6.26. The summed E-state index contributed by atoms with van der Waals surface area (Å²) in [4.78, 5) is 28.5. The smallest absolute Gasteiger partial charge is 0.264 e. The standard InChI is InChI=1S/C30H37N3O5S/c1-22(2)19-31-30(35)24(4)32(20-25-11-9-10-23(3)18-25)29(34)21-33(26-14-16-27(38-5)17-15-26)39(36,37)28-12-7-6-8-13-28/h6-18,22,24H,19-21H2,1-5H3,(H,31,35). The monoisotopic (exact) mass is 551 g/mol. The molecule has 1 unspecified atom stereocenters. The van der Waals surface area contributed by atoms with Crippen molar-refractivity contribution in [2.45, 2.75) is 45.2 Å². The van der Waals surface area contributed by atoms with Gasteiger partial charge in [0, 0.05) is 13.1 Å². The van der Waals surface area contributed by atoms with Crippen LogP contribution in [0.15, 0.2) is 83.8 Å². The maximum Gasteiger partial charge on any atom is 0.264 e. The highest BCUT2D eigenvalue weighted by Gasteiger charge is 2.32. The van der Waals surface area contributed by atoms with Crippen LogP contribution in [0.3, 0.4) is 0 Å². The zero-order chi connectivity index (χ0) is 28.6. The zero-order valence-electron chi connectivity index (χ0n) is 23.1. The third kappa shape index (κ3) is 7.83. The maximum atomic E-state index is 13.9. The number of hydrogen-bond donors (Lipinski definition) is 1. The van der Waals surface area contributed by atoms with Crippen LogP contribution in [0.2, 0.25) is 0 Å². The van der Waals surface area contributed by atoms with Gasteiger partial charge in [0.15, 0.2) is 0 Å². The van der Waals surface area contributed by atoms with Crippen LogP contribution in [0.5, 0.6) is 5.75 Å². The summed E-state index contributed by atoms with van der Waals surface area (Å²) >= 11 is 0. The van der Waals surface area contributed by atoms with Crippen molar-refractivity contribution in [3.05, 3.63) is 90.0 Å². The van der Waals surface area contributed by atoms with E-state index in [1.165, 1.54) is 24.1 Å². The molecule has 1 N–H and O–H groups in total. The Labute approximate surface area is 231 Å². The Bertz CT molecular complexity index is 1360. The van der Waals surface area contributed by atoms with E-state index in [0.29, 0.717) is 18.0 Å². The van der Waals surface area contributed by atoms with E-state index in [1.54, 1.807) is 49.4 Å². The highest BCUT2D eigenvalue weighted by molar-refractivity contribution is 7.92. The van der Waals surface area contributed by atoms with Crippen LogP contribution in [-0.4, -0.2) is 51.4 Å². The summed E-state index contributed by atoms with van der Waals surface area (Å²) in [7, 11) is -2.59. The van der Waals surface area contributed by atoms with E-state index in [9.17, 15) is 18.0 Å². The lowest BCUT2D eigenvalue weighted by Crippen LogP contribution is -2.51. The number of ether oxygens (including phenoxy) is 1. The molecule has 0 bridgehead atoms. The van der Waals surface area contributed by atoms with E-state index in [4.69, 9.17) is 4.74 Å². The normalized spacial score (nSPS) is 12.1. The first-order chi connectivity index (χ1) is 18.5. The van der Waals surface area contributed by atoms with Gasteiger partial charge in [-0.3, -0.25) is 13.9 Å². The summed E-state index contributed by atoms with van der Waals surface area (Å²) < 4.78 is 33.8. The van der Waals surface area contributed by atoms with Crippen LogP contribution in [0, 0.1) is 12.8 Å². The molecular formula is C30H37N3O5S. The lowest BCUT2D eigenvalue weighted by molar-refractivity contribution is -0.139. The summed E-state index contributed by atoms with van der Waals surface area (Å²) in [5.74, 6) is -0.00652. The molecule has 0 aliphatic heterocycles. The number of carbonyl (C=O) groups excluding carboxylic acids is 2. The first-order valence-corrected chi connectivity index (χ1v) is 14.3. The van der Waals surface area contributed by atoms with Gasteiger partial charge in [-0.15, -0.1) is 0 Å². The highest BCUT2D eigenvalue weighted by Crippen LogP contribution is 2.26. The summed E-state index contributed by atoms with van der Waals surface area (Å²) in [6.45, 7) is 7.72. The van der Waals surface area contributed by atoms with Crippen molar-refractivity contribution in [3.63, 3.8) is 0 Å². The Kier molecular flexibility index (Phi) is 10.1. The summed E-state index contributed by atoms with van der Waals surface area (Å²) in [6, 6.07) is 21.3. The van der Waals surface area contributed by atoms with Crippen molar-refractivity contribution in [1.82, 2.24) is 10.2 Å². The third-order valence-corrected chi connectivity index (χ3v) is 8.05. The van der Waals surface area contributed by atoms with E-state index < -0.39 is 28.5 Å². The molecule has 0 saturated heterocycles. The molecule has 0 radical (unpaired) electrons. The molecule has 208 valence electrons. The average molecular weight is 552 g/mol. The number of benzene rings is 3. The van der Waals surface area contributed by atoms with Gasteiger partial charge < -0.3 is 15.0 Å². The van der Waals surface area contributed by atoms with Crippen LogP contribution in [0.1, 0.15) is 31.9 Å². The second kappa shape index (κ2) is 13.3. The van der Waals surface area contributed by atoms with Gasteiger partial charge in [0.1, 0.15) is 18.3 Å². The van der Waals surface area contributed by atoms with Crippen LogP contribution >= 0.6 is 0 Å². The molecule has 3 aromatic carbocycles. The number of aryl methyl sites for hydroxylation is 1. The topological polar surface area (TPSA) is 96.0 Å². The van der Waals surface area contributed by atoms with Crippen molar-refractivity contribution in [1.29, 1.82) is 0 Å². The number of carbonyl (C=O) groups is 2. The fraction of sp³-hybridized carbons (Fsp3) is 0.333. The summed E-state index contributed by atoms with van der Waals surface area (Å²) in [5.41, 5.74) is 2.16. The van der Waals surface area contributed by atoms with E-state index in [0.717, 1.165) is 15.4 Å². The molecule has 0 aliphatic carbocycles. The predicted octanol–water partition coefficient (Wildman–Crippen LogP) is 4.39. The zero-order valence-corrected chi connectivity index (χ0v) is 23.9. The molecule has 1 atom stereocenters. The number of anilines is 1. The van der Waals surface area contributed by atoms with Gasteiger partial charge in [-0.2, -0.15) is 0 Å². The van der Waals surface area contributed by atoms with Crippen LogP contribution < -0.4 is 14.4 Å². The number of nitrogens with zero attached hydrogens (tertiary/aromatic N) is 2. The molecular weight excluding hydrogens is 514 g/mol. The van der Waals surface area contributed by atoms with E-state index in [2.05, 4.69) is 5.32 Å². The Morgan fingerprint density at radius 2 is 1.59 bits per heavy atom. The molecule has 0 spiro atoms. The minimum Gasteiger partial charge on any atom is -0.497 e. The first-order valence-electron chi connectivity index (χ1n) is 12.9. The minimum absolute atomic E-state index is 0.0570. The molecule has 0 heterocycles. The fourth-order valence-electron chi connectivity index (χ4n) is 4.04. The molecule has 9 heteroatoms. The number of nitrogens with one attached hydrogen (secondary N) is 1. The molecule has 39 heavy (non-hydrogen) atoms. The Morgan fingerprint density at radius 3 is 2.18 bits per heavy atom. The molecule has 0 fully saturated rings. The summed E-state index contributed by atoms with van der Waals surface area (Å²) in [5, 5.41) is 2.89. The molecule has 3 aromatic rings. The lowest BCUT2D eigenvalue weighted by atomic mass is 10.1. The predicted molar refractivity (Wildman–Crippen MR) is 153 cm³/mol. The molecule has 3 rings (SSSR count).